The maximum absolute atomic E-state index is 12.1. The van der Waals surface area contributed by atoms with Crippen LogP contribution in [0.4, 0.5) is 0 Å². The molecular formula is C20H19NO7. The lowest BCUT2D eigenvalue weighted by Crippen LogP contribution is -2.33. The molecule has 3 rings (SSSR count). The molecular weight excluding hydrogens is 366 g/mol. The zero-order chi connectivity index (χ0) is 20.4. The highest BCUT2D eigenvalue weighted by molar-refractivity contribution is 5.96. The highest BCUT2D eigenvalue weighted by Crippen LogP contribution is 2.26. The van der Waals surface area contributed by atoms with Gasteiger partial charge in [0.1, 0.15) is 22.7 Å². The fourth-order valence-electron chi connectivity index (χ4n) is 2.61. The molecule has 0 fully saturated rings. The van der Waals surface area contributed by atoms with Gasteiger partial charge < -0.3 is 24.0 Å². The van der Waals surface area contributed by atoms with Crippen LogP contribution in [0.15, 0.2) is 50.0 Å². The summed E-state index contributed by atoms with van der Waals surface area (Å²) in [6.45, 7) is 5.29. The van der Waals surface area contributed by atoms with Crippen molar-refractivity contribution in [1.82, 2.24) is 5.32 Å². The highest BCUT2D eigenvalue weighted by Gasteiger charge is 2.17. The number of aromatic carboxylic acids is 1. The van der Waals surface area contributed by atoms with Crippen molar-refractivity contribution in [2.24, 2.45) is 0 Å². The monoisotopic (exact) mass is 385 g/mol. The molecule has 0 aliphatic rings. The second-order valence-electron chi connectivity index (χ2n) is 6.54. The van der Waals surface area contributed by atoms with E-state index in [-0.39, 0.29) is 22.9 Å². The van der Waals surface area contributed by atoms with Gasteiger partial charge in [-0.25, -0.2) is 9.59 Å². The number of carbonyl (C=O) groups excluding carboxylic acids is 1. The van der Waals surface area contributed by atoms with E-state index in [0.29, 0.717) is 16.9 Å². The van der Waals surface area contributed by atoms with Crippen molar-refractivity contribution in [3.63, 3.8) is 0 Å². The molecule has 0 spiro atoms. The van der Waals surface area contributed by atoms with Crippen molar-refractivity contribution >= 4 is 22.8 Å². The molecule has 0 bridgehead atoms. The molecule has 8 heteroatoms. The molecule has 28 heavy (non-hydrogen) atoms. The van der Waals surface area contributed by atoms with E-state index in [0.717, 1.165) is 0 Å². The van der Waals surface area contributed by atoms with Gasteiger partial charge in [0.2, 0.25) is 5.76 Å². The van der Waals surface area contributed by atoms with Gasteiger partial charge in [0.15, 0.2) is 6.10 Å². The molecule has 0 saturated heterocycles. The van der Waals surface area contributed by atoms with Crippen LogP contribution in [0, 0.1) is 0 Å². The summed E-state index contributed by atoms with van der Waals surface area (Å²) in [5, 5.41) is 12.1. The largest absolute Gasteiger partial charge is 0.483 e. The van der Waals surface area contributed by atoms with Crippen LogP contribution in [0.2, 0.25) is 0 Å². The molecule has 0 saturated carbocycles. The van der Waals surface area contributed by atoms with Crippen LogP contribution in [0.3, 0.4) is 0 Å². The molecule has 2 heterocycles. The molecule has 146 valence electrons. The van der Waals surface area contributed by atoms with Crippen molar-refractivity contribution < 1.29 is 28.3 Å². The molecule has 8 nitrogen and oxygen atoms in total. The Morgan fingerprint density at radius 2 is 1.82 bits per heavy atom. The lowest BCUT2D eigenvalue weighted by atomic mass is 10.1. The quantitative estimate of drug-likeness (QED) is 0.624. The number of benzene rings is 1. The number of ether oxygens (including phenoxy) is 1. The van der Waals surface area contributed by atoms with Gasteiger partial charge in [0.05, 0.1) is 0 Å². The van der Waals surface area contributed by atoms with Crippen LogP contribution in [0.5, 0.6) is 5.75 Å². The van der Waals surface area contributed by atoms with E-state index in [1.807, 2.05) is 0 Å². The summed E-state index contributed by atoms with van der Waals surface area (Å²) in [4.78, 5) is 35.1. The average molecular weight is 385 g/mol. The number of hydrogen-bond donors (Lipinski definition) is 2. The first-order valence-electron chi connectivity index (χ1n) is 8.63. The Morgan fingerprint density at radius 1 is 1.07 bits per heavy atom. The van der Waals surface area contributed by atoms with Gasteiger partial charge in [0, 0.05) is 17.5 Å². The molecule has 0 aliphatic carbocycles. The summed E-state index contributed by atoms with van der Waals surface area (Å²) in [6, 6.07) is 9.08. The smallest absolute Gasteiger partial charge is 0.371 e. The van der Waals surface area contributed by atoms with Crippen LogP contribution in [0.1, 0.15) is 53.5 Å². The van der Waals surface area contributed by atoms with Crippen LogP contribution in [-0.2, 0) is 0 Å². The van der Waals surface area contributed by atoms with E-state index in [4.69, 9.17) is 18.7 Å². The molecule has 1 atom stereocenters. The SMILES string of the molecule is CC(C)NC(=O)c1cc2ccc(OC(C)c3ccc(C(=O)O)o3)cc2oc1=O. The maximum Gasteiger partial charge on any atom is 0.371 e. The predicted octanol–water partition coefficient (Wildman–Crippen LogP) is 3.36. The Hall–Kier alpha value is -3.55. The van der Waals surface area contributed by atoms with Gasteiger partial charge in [-0.1, -0.05) is 0 Å². The number of carboxylic acids is 1. The van der Waals surface area contributed by atoms with Crippen LogP contribution < -0.4 is 15.7 Å². The third kappa shape index (κ3) is 4.06. The lowest BCUT2D eigenvalue weighted by Gasteiger charge is -2.13. The minimum absolute atomic E-state index is 0.0694. The predicted molar refractivity (Wildman–Crippen MR) is 99.8 cm³/mol. The fraction of sp³-hybridized carbons (Fsp3) is 0.250. The summed E-state index contributed by atoms with van der Waals surface area (Å²) in [6.07, 6.45) is -0.562. The van der Waals surface area contributed by atoms with Gasteiger partial charge in [-0.2, -0.15) is 0 Å². The van der Waals surface area contributed by atoms with Gasteiger partial charge >= 0.3 is 11.6 Å². The second kappa shape index (κ2) is 7.59. The summed E-state index contributed by atoms with van der Waals surface area (Å²) >= 11 is 0. The summed E-state index contributed by atoms with van der Waals surface area (Å²) in [5.41, 5.74) is -0.547. The number of furan rings is 1. The van der Waals surface area contributed by atoms with Gasteiger partial charge in [0.25, 0.3) is 5.91 Å². The Morgan fingerprint density at radius 3 is 2.46 bits per heavy atom. The van der Waals surface area contributed by atoms with E-state index >= 15 is 0 Å². The number of nitrogens with one attached hydrogen (secondary N) is 1. The fourth-order valence-corrected chi connectivity index (χ4v) is 2.61. The van der Waals surface area contributed by atoms with Crippen molar-refractivity contribution in [1.29, 1.82) is 0 Å². The molecule has 0 aliphatic heterocycles. The van der Waals surface area contributed by atoms with Gasteiger partial charge in [-0.15, -0.1) is 0 Å². The van der Waals surface area contributed by atoms with E-state index in [9.17, 15) is 14.4 Å². The number of carbonyl (C=O) groups is 2. The van der Waals surface area contributed by atoms with Crippen LogP contribution in [-0.4, -0.2) is 23.0 Å². The van der Waals surface area contributed by atoms with E-state index in [1.165, 1.54) is 24.3 Å². The Bertz CT molecular complexity index is 1090. The number of hydrogen-bond acceptors (Lipinski definition) is 6. The standard InChI is InChI=1S/C20H19NO7/c1-10(2)21-18(22)14-8-12-4-5-13(9-17(12)28-20(14)25)26-11(3)15-6-7-16(27-15)19(23)24/h4-11H,1-3H3,(H,21,22)(H,23,24). The average Bonchev–Trinajstić information content (AvgIpc) is 3.11. The number of amides is 1. The number of fused-ring (bicyclic) bond motifs is 1. The first-order chi connectivity index (χ1) is 13.2. The maximum atomic E-state index is 12.1. The minimum atomic E-state index is -1.16. The first-order valence-corrected chi connectivity index (χ1v) is 8.63. The number of carboxylic acid groups (broad SMARTS) is 1. The lowest BCUT2D eigenvalue weighted by molar-refractivity contribution is 0.0655. The Kier molecular flexibility index (Phi) is 5.21. The first kappa shape index (κ1) is 19.2. The molecule has 1 aromatic carbocycles. The van der Waals surface area contributed by atoms with Crippen molar-refractivity contribution in [2.45, 2.75) is 32.9 Å². The summed E-state index contributed by atoms with van der Waals surface area (Å²) < 4.78 is 16.2. The molecule has 1 unspecified atom stereocenters. The third-order valence-corrected chi connectivity index (χ3v) is 3.92. The third-order valence-electron chi connectivity index (χ3n) is 3.92. The van der Waals surface area contributed by atoms with E-state index < -0.39 is 23.6 Å². The number of rotatable bonds is 6. The second-order valence-corrected chi connectivity index (χ2v) is 6.54. The van der Waals surface area contributed by atoms with Crippen LogP contribution in [0.25, 0.3) is 11.0 Å². The molecule has 2 aromatic heterocycles. The van der Waals surface area contributed by atoms with Crippen molar-refractivity contribution in [3.8, 4) is 5.75 Å². The zero-order valence-electron chi connectivity index (χ0n) is 15.5. The van der Waals surface area contributed by atoms with E-state index in [1.54, 1.807) is 32.9 Å². The van der Waals surface area contributed by atoms with E-state index in [2.05, 4.69) is 5.32 Å². The van der Waals surface area contributed by atoms with Crippen molar-refractivity contribution in [3.05, 3.63) is 63.9 Å². The summed E-state index contributed by atoms with van der Waals surface area (Å²) in [5.74, 6) is -1.09. The minimum Gasteiger partial charge on any atom is -0.483 e. The molecule has 2 N–H and O–H groups in total. The highest BCUT2D eigenvalue weighted by atomic mass is 16.5. The Balaban J connectivity index is 1.84. The normalized spacial score (nSPS) is 12.1. The van der Waals surface area contributed by atoms with Crippen molar-refractivity contribution in [2.75, 3.05) is 0 Å². The summed E-state index contributed by atoms with van der Waals surface area (Å²) in [7, 11) is 0. The molecule has 1 amide bonds. The van der Waals surface area contributed by atoms with Gasteiger partial charge in [-0.05, 0) is 51.1 Å². The molecule has 0 radical (unpaired) electrons. The Labute approximate surface area is 159 Å². The van der Waals surface area contributed by atoms with Gasteiger partial charge in [-0.3, -0.25) is 4.79 Å². The zero-order valence-corrected chi connectivity index (χ0v) is 15.5. The molecule has 3 aromatic rings. The van der Waals surface area contributed by atoms with Crippen LogP contribution >= 0.6 is 0 Å². The topological polar surface area (TPSA) is 119 Å².